The molecule has 0 spiro atoms. The molecule has 1 atom stereocenters. The Hall–Kier alpha value is -3.16. The number of pyridine rings is 1. The third-order valence-corrected chi connectivity index (χ3v) is 3.77. The molecule has 0 N–H and O–H groups in total. The van der Waals surface area contributed by atoms with Gasteiger partial charge in [-0.2, -0.15) is 5.10 Å². The Bertz CT molecular complexity index is 943. The van der Waals surface area contributed by atoms with Crippen LogP contribution in [-0.4, -0.2) is 30.8 Å². The standard InChI is InChI=1S/C18H18FN5O2/c1-3-12(2)26-18-21-8-14(9-22-18)16-4-5-17(25)24(23-16)11-13-6-15(19)10-20-7-13/h4-10,12H,3,11H2,1-2H3/t12-/m0/s1. The SMILES string of the molecule is CC[C@H](C)Oc1ncc(-c2ccc(=O)n(Cc3cncc(F)c3)n2)cn1. The van der Waals surface area contributed by atoms with Gasteiger partial charge in [-0.1, -0.05) is 6.92 Å². The molecular weight excluding hydrogens is 337 g/mol. The molecule has 3 aromatic heterocycles. The maximum atomic E-state index is 13.3. The lowest BCUT2D eigenvalue weighted by molar-refractivity contribution is 0.199. The predicted molar refractivity (Wildman–Crippen MR) is 93.2 cm³/mol. The van der Waals surface area contributed by atoms with Gasteiger partial charge in [0.2, 0.25) is 0 Å². The van der Waals surface area contributed by atoms with Crippen LogP contribution in [0.3, 0.4) is 0 Å². The lowest BCUT2D eigenvalue weighted by Gasteiger charge is -2.10. The maximum absolute atomic E-state index is 13.3. The minimum atomic E-state index is -0.461. The molecule has 0 fully saturated rings. The van der Waals surface area contributed by atoms with E-state index >= 15 is 0 Å². The van der Waals surface area contributed by atoms with E-state index in [0.29, 0.717) is 22.8 Å². The third-order valence-electron chi connectivity index (χ3n) is 3.77. The van der Waals surface area contributed by atoms with E-state index in [2.05, 4.69) is 20.1 Å². The van der Waals surface area contributed by atoms with E-state index < -0.39 is 5.82 Å². The average molecular weight is 355 g/mol. The predicted octanol–water partition coefficient (Wildman–Crippen LogP) is 2.46. The summed E-state index contributed by atoms with van der Waals surface area (Å²) >= 11 is 0. The van der Waals surface area contributed by atoms with Crippen molar-refractivity contribution < 1.29 is 9.13 Å². The summed E-state index contributed by atoms with van der Waals surface area (Å²) < 4.78 is 20.1. The molecule has 134 valence electrons. The molecule has 26 heavy (non-hydrogen) atoms. The van der Waals surface area contributed by atoms with Crippen LogP contribution in [0.4, 0.5) is 4.39 Å². The Morgan fingerprint density at radius 2 is 1.96 bits per heavy atom. The average Bonchev–Trinajstić information content (AvgIpc) is 2.64. The van der Waals surface area contributed by atoms with Gasteiger partial charge in [0, 0.05) is 30.2 Å². The minimum Gasteiger partial charge on any atom is -0.460 e. The van der Waals surface area contributed by atoms with Crippen molar-refractivity contribution in [2.75, 3.05) is 0 Å². The number of nitrogens with zero attached hydrogens (tertiary/aromatic N) is 5. The summed E-state index contributed by atoms with van der Waals surface area (Å²) in [5.74, 6) is -0.461. The van der Waals surface area contributed by atoms with Gasteiger partial charge in [-0.3, -0.25) is 9.78 Å². The second kappa shape index (κ2) is 7.81. The summed E-state index contributed by atoms with van der Waals surface area (Å²) in [6.45, 7) is 4.07. The van der Waals surface area contributed by atoms with Gasteiger partial charge in [-0.05, 0) is 31.0 Å². The zero-order valence-corrected chi connectivity index (χ0v) is 14.5. The summed E-state index contributed by atoms with van der Waals surface area (Å²) in [6.07, 6.45) is 6.66. The highest BCUT2D eigenvalue weighted by Crippen LogP contribution is 2.16. The topological polar surface area (TPSA) is 82.8 Å². The number of rotatable bonds is 6. The fraction of sp³-hybridized carbons (Fsp3) is 0.278. The van der Waals surface area contributed by atoms with E-state index in [9.17, 15) is 9.18 Å². The Morgan fingerprint density at radius 3 is 2.65 bits per heavy atom. The molecule has 0 aromatic carbocycles. The van der Waals surface area contributed by atoms with E-state index in [0.717, 1.165) is 12.6 Å². The van der Waals surface area contributed by atoms with Gasteiger partial charge < -0.3 is 4.74 Å². The lowest BCUT2D eigenvalue weighted by Crippen LogP contribution is -2.23. The van der Waals surface area contributed by atoms with E-state index in [1.165, 1.54) is 23.0 Å². The minimum absolute atomic E-state index is 0.0285. The van der Waals surface area contributed by atoms with Crippen molar-refractivity contribution in [1.82, 2.24) is 24.7 Å². The van der Waals surface area contributed by atoms with Crippen LogP contribution in [0.5, 0.6) is 6.01 Å². The van der Waals surface area contributed by atoms with E-state index in [1.54, 1.807) is 18.5 Å². The summed E-state index contributed by atoms with van der Waals surface area (Å²) in [5, 5.41) is 4.31. The smallest absolute Gasteiger partial charge is 0.316 e. The molecule has 3 rings (SSSR count). The highest BCUT2D eigenvalue weighted by atomic mass is 19.1. The molecule has 0 amide bonds. The second-order valence-electron chi connectivity index (χ2n) is 5.82. The fourth-order valence-electron chi connectivity index (χ4n) is 2.20. The van der Waals surface area contributed by atoms with Crippen molar-refractivity contribution >= 4 is 0 Å². The van der Waals surface area contributed by atoms with Crippen molar-refractivity contribution in [1.29, 1.82) is 0 Å². The van der Waals surface area contributed by atoms with Crippen molar-refractivity contribution in [2.24, 2.45) is 0 Å². The Kier molecular flexibility index (Phi) is 5.31. The zero-order valence-electron chi connectivity index (χ0n) is 14.5. The van der Waals surface area contributed by atoms with Crippen LogP contribution in [0.1, 0.15) is 25.8 Å². The van der Waals surface area contributed by atoms with Crippen LogP contribution >= 0.6 is 0 Å². The van der Waals surface area contributed by atoms with E-state index in [4.69, 9.17) is 4.74 Å². The van der Waals surface area contributed by atoms with Crippen molar-refractivity contribution in [3.8, 4) is 17.3 Å². The van der Waals surface area contributed by atoms with Crippen LogP contribution < -0.4 is 10.3 Å². The number of hydrogen-bond donors (Lipinski definition) is 0. The number of halogens is 1. The molecule has 0 aliphatic heterocycles. The monoisotopic (exact) mass is 355 g/mol. The van der Waals surface area contributed by atoms with Gasteiger partial charge in [0.15, 0.2) is 0 Å². The normalized spacial score (nSPS) is 12.0. The second-order valence-corrected chi connectivity index (χ2v) is 5.82. The molecule has 0 bridgehead atoms. The fourth-order valence-corrected chi connectivity index (χ4v) is 2.20. The first-order valence-corrected chi connectivity index (χ1v) is 8.22. The van der Waals surface area contributed by atoms with Crippen molar-refractivity contribution in [3.63, 3.8) is 0 Å². The molecule has 0 aliphatic carbocycles. The van der Waals surface area contributed by atoms with Gasteiger partial charge in [0.25, 0.3) is 5.56 Å². The van der Waals surface area contributed by atoms with Crippen LogP contribution in [-0.2, 0) is 6.54 Å². The maximum Gasteiger partial charge on any atom is 0.316 e. The summed E-state index contributed by atoms with van der Waals surface area (Å²) in [4.78, 5) is 24.2. The number of ether oxygens (including phenoxy) is 1. The molecule has 8 heteroatoms. The molecule has 0 unspecified atom stereocenters. The summed E-state index contributed by atoms with van der Waals surface area (Å²) in [7, 11) is 0. The largest absolute Gasteiger partial charge is 0.460 e. The highest BCUT2D eigenvalue weighted by Gasteiger charge is 2.08. The first-order chi connectivity index (χ1) is 12.5. The summed E-state index contributed by atoms with van der Waals surface area (Å²) in [6, 6.07) is 4.61. The first-order valence-electron chi connectivity index (χ1n) is 8.22. The van der Waals surface area contributed by atoms with Crippen molar-refractivity contribution in [2.45, 2.75) is 32.9 Å². The Labute approximate surface area is 149 Å². The molecule has 0 saturated heterocycles. The van der Waals surface area contributed by atoms with E-state index in [-0.39, 0.29) is 18.2 Å². The first kappa shape index (κ1) is 17.7. The molecule has 3 aromatic rings. The molecule has 0 radical (unpaired) electrons. The van der Waals surface area contributed by atoms with Crippen LogP contribution in [0.15, 0.2) is 47.8 Å². The zero-order chi connectivity index (χ0) is 18.5. The van der Waals surface area contributed by atoms with Crippen LogP contribution in [0.2, 0.25) is 0 Å². The van der Waals surface area contributed by atoms with Gasteiger partial charge in [-0.25, -0.2) is 19.0 Å². The number of aromatic nitrogens is 5. The molecule has 3 heterocycles. The van der Waals surface area contributed by atoms with Gasteiger partial charge in [-0.15, -0.1) is 0 Å². The molecule has 7 nitrogen and oxygen atoms in total. The summed E-state index contributed by atoms with van der Waals surface area (Å²) in [5.41, 5.74) is 1.43. The quantitative estimate of drug-likeness (QED) is 0.675. The van der Waals surface area contributed by atoms with Crippen molar-refractivity contribution in [3.05, 3.63) is 64.7 Å². The third kappa shape index (κ3) is 4.27. The molecule has 0 aliphatic rings. The Morgan fingerprint density at radius 1 is 1.19 bits per heavy atom. The molecule has 0 saturated carbocycles. The van der Waals surface area contributed by atoms with E-state index in [1.807, 2.05) is 13.8 Å². The van der Waals surface area contributed by atoms with Crippen LogP contribution in [0, 0.1) is 5.82 Å². The van der Waals surface area contributed by atoms with Gasteiger partial charge in [0.1, 0.15) is 5.82 Å². The molecular formula is C18H18FN5O2. The van der Waals surface area contributed by atoms with Gasteiger partial charge in [0.05, 0.1) is 24.5 Å². The number of hydrogen-bond acceptors (Lipinski definition) is 6. The Balaban J connectivity index is 1.84. The van der Waals surface area contributed by atoms with Crippen LogP contribution in [0.25, 0.3) is 11.3 Å². The lowest BCUT2D eigenvalue weighted by atomic mass is 10.2. The highest BCUT2D eigenvalue weighted by molar-refractivity contribution is 5.55. The van der Waals surface area contributed by atoms with Gasteiger partial charge >= 0.3 is 6.01 Å².